The molecule has 1 unspecified atom stereocenters. The van der Waals surface area contributed by atoms with E-state index in [1.54, 1.807) is 18.9 Å². The topological polar surface area (TPSA) is 52.5 Å². The maximum Gasteiger partial charge on any atom is 0.154 e. The number of fused-ring (bicyclic) bond motifs is 1. The Labute approximate surface area is 158 Å². The largest absolute Gasteiger partial charge is 0.497 e. The van der Waals surface area contributed by atoms with Gasteiger partial charge in [-0.3, -0.25) is 4.99 Å². The van der Waals surface area contributed by atoms with E-state index in [1.807, 2.05) is 12.1 Å². The van der Waals surface area contributed by atoms with Crippen LogP contribution in [0.5, 0.6) is 5.75 Å². The second-order valence-corrected chi connectivity index (χ2v) is 8.00. The first-order valence-electron chi connectivity index (χ1n) is 8.78. The molecule has 1 aliphatic rings. The van der Waals surface area contributed by atoms with Crippen LogP contribution in [0.2, 0.25) is 0 Å². The quantitative estimate of drug-likeness (QED) is 0.747. The van der Waals surface area contributed by atoms with Crippen molar-refractivity contribution in [2.45, 2.75) is 25.4 Å². The number of nitrogens with two attached hydrogens (primary N) is 1. The summed E-state index contributed by atoms with van der Waals surface area (Å²) < 4.78 is 7.53. The van der Waals surface area contributed by atoms with Crippen LogP contribution in [0, 0.1) is 0 Å². The molecule has 3 aromatic rings. The first-order chi connectivity index (χ1) is 12.6. The molecule has 1 aliphatic heterocycles. The number of ether oxygens (including phenoxy) is 1. The molecule has 0 saturated heterocycles. The smallest absolute Gasteiger partial charge is 0.154 e. The molecule has 134 valence electrons. The number of methoxy groups -OCH3 is 1. The first kappa shape index (κ1) is 17.0. The van der Waals surface area contributed by atoms with Crippen molar-refractivity contribution in [3.05, 3.63) is 65.9 Å². The Morgan fingerprint density at radius 3 is 2.73 bits per heavy atom. The van der Waals surface area contributed by atoms with E-state index in [1.165, 1.54) is 22.0 Å². The molecule has 0 aliphatic carbocycles. The van der Waals surface area contributed by atoms with Gasteiger partial charge in [0.2, 0.25) is 0 Å². The fourth-order valence-corrected chi connectivity index (χ4v) is 4.45. The molecule has 4 rings (SSSR count). The highest BCUT2D eigenvalue weighted by Gasteiger charge is 2.29. The van der Waals surface area contributed by atoms with E-state index >= 15 is 0 Å². The van der Waals surface area contributed by atoms with Crippen LogP contribution < -0.4 is 10.5 Å². The normalized spacial score (nSPS) is 20.2. The summed E-state index contributed by atoms with van der Waals surface area (Å²) in [5.74, 6) is 1.89. The maximum absolute atomic E-state index is 5.99. The molecule has 1 atom stereocenters. The highest BCUT2D eigenvalue weighted by atomic mass is 32.2. The molecule has 0 bridgehead atoms. The molecule has 0 radical (unpaired) electrons. The Morgan fingerprint density at radius 2 is 2.00 bits per heavy atom. The number of benzene rings is 2. The number of thioether (sulfide) groups is 1. The van der Waals surface area contributed by atoms with Crippen molar-refractivity contribution in [1.82, 2.24) is 4.57 Å². The predicted octanol–water partition coefficient (Wildman–Crippen LogP) is 4.37. The van der Waals surface area contributed by atoms with Gasteiger partial charge >= 0.3 is 0 Å². The van der Waals surface area contributed by atoms with E-state index in [0.29, 0.717) is 5.17 Å². The number of aliphatic imine (C=N–C) groups is 1. The Morgan fingerprint density at radius 1 is 1.19 bits per heavy atom. The summed E-state index contributed by atoms with van der Waals surface area (Å²) in [5.41, 5.74) is 9.46. The molecule has 5 heteroatoms. The van der Waals surface area contributed by atoms with Gasteiger partial charge < -0.3 is 15.0 Å². The van der Waals surface area contributed by atoms with Crippen molar-refractivity contribution >= 4 is 27.8 Å². The molecule has 26 heavy (non-hydrogen) atoms. The minimum absolute atomic E-state index is 0.237. The lowest BCUT2D eigenvalue weighted by molar-refractivity contribution is 0.414. The van der Waals surface area contributed by atoms with Gasteiger partial charge in [0.1, 0.15) is 5.75 Å². The molecule has 0 spiro atoms. The number of rotatable bonds is 4. The van der Waals surface area contributed by atoms with Gasteiger partial charge in [0, 0.05) is 24.0 Å². The van der Waals surface area contributed by atoms with E-state index in [0.717, 1.165) is 24.5 Å². The van der Waals surface area contributed by atoms with Gasteiger partial charge in [0.05, 0.1) is 12.6 Å². The van der Waals surface area contributed by atoms with E-state index in [-0.39, 0.29) is 5.54 Å². The zero-order chi connectivity index (χ0) is 18.1. The molecule has 1 aromatic heterocycles. The molecule has 2 aromatic carbocycles. The minimum atomic E-state index is -0.237. The standard InChI is InChI=1S/C21H23N3OS/c1-21(10-12-26-20(22)23-21)17-6-5-16-9-11-24(19(16)13-17)14-15-3-7-18(25-2)8-4-15/h3-9,11,13H,10,12,14H2,1-2H3,(H2,22,23). The third-order valence-electron chi connectivity index (χ3n) is 5.10. The zero-order valence-electron chi connectivity index (χ0n) is 15.1. The van der Waals surface area contributed by atoms with Gasteiger partial charge in [-0.2, -0.15) is 0 Å². The molecule has 0 fully saturated rings. The minimum Gasteiger partial charge on any atom is -0.497 e. The Kier molecular flexibility index (Phi) is 4.41. The molecule has 2 N–H and O–H groups in total. The third-order valence-corrected chi connectivity index (χ3v) is 5.90. The lowest BCUT2D eigenvalue weighted by atomic mass is 9.89. The lowest BCUT2D eigenvalue weighted by Crippen LogP contribution is -2.28. The maximum atomic E-state index is 5.99. The summed E-state index contributed by atoms with van der Waals surface area (Å²) in [7, 11) is 1.69. The van der Waals surface area contributed by atoms with Crippen molar-refractivity contribution in [2.75, 3.05) is 12.9 Å². The van der Waals surface area contributed by atoms with E-state index < -0.39 is 0 Å². The second kappa shape index (κ2) is 6.72. The molecular weight excluding hydrogens is 342 g/mol. The lowest BCUT2D eigenvalue weighted by Gasteiger charge is -2.29. The first-order valence-corrected chi connectivity index (χ1v) is 9.76. The summed E-state index contributed by atoms with van der Waals surface area (Å²) in [6.45, 7) is 3.01. The summed E-state index contributed by atoms with van der Waals surface area (Å²) >= 11 is 1.64. The highest BCUT2D eigenvalue weighted by Crippen LogP contribution is 2.36. The number of amidine groups is 1. The molecule has 0 saturated carbocycles. The van der Waals surface area contributed by atoms with Crippen LogP contribution in [0.1, 0.15) is 24.5 Å². The predicted molar refractivity (Wildman–Crippen MR) is 110 cm³/mol. The van der Waals surface area contributed by atoms with Crippen LogP contribution in [-0.4, -0.2) is 22.6 Å². The van der Waals surface area contributed by atoms with Crippen LogP contribution in [0.25, 0.3) is 10.9 Å². The van der Waals surface area contributed by atoms with Gasteiger partial charge in [-0.25, -0.2) is 0 Å². The third kappa shape index (κ3) is 3.19. The average Bonchev–Trinajstić information content (AvgIpc) is 3.04. The summed E-state index contributed by atoms with van der Waals surface area (Å²) in [6, 6.07) is 17.0. The summed E-state index contributed by atoms with van der Waals surface area (Å²) in [4.78, 5) is 4.74. The van der Waals surface area contributed by atoms with Gasteiger partial charge in [-0.05, 0) is 54.1 Å². The Hall–Kier alpha value is -2.40. The van der Waals surface area contributed by atoms with Gasteiger partial charge in [-0.15, -0.1) is 0 Å². The van der Waals surface area contributed by atoms with Crippen molar-refractivity contribution < 1.29 is 4.74 Å². The van der Waals surface area contributed by atoms with Gasteiger partial charge in [-0.1, -0.05) is 36.0 Å². The van der Waals surface area contributed by atoms with E-state index in [4.69, 9.17) is 15.5 Å². The van der Waals surface area contributed by atoms with Crippen molar-refractivity contribution in [3.8, 4) is 5.75 Å². The van der Waals surface area contributed by atoms with Crippen LogP contribution in [0.4, 0.5) is 0 Å². The van der Waals surface area contributed by atoms with Crippen LogP contribution in [-0.2, 0) is 12.1 Å². The number of nitrogens with zero attached hydrogens (tertiary/aromatic N) is 2. The Bertz CT molecular complexity index is 961. The number of hydrogen-bond donors (Lipinski definition) is 1. The molecule has 0 amide bonds. The number of hydrogen-bond acceptors (Lipinski definition) is 4. The summed E-state index contributed by atoms with van der Waals surface area (Å²) in [6.07, 6.45) is 3.15. The van der Waals surface area contributed by atoms with Crippen molar-refractivity contribution in [2.24, 2.45) is 10.7 Å². The van der Waals surface area contributed by atoms with Crippen LogP contribution in [0.3, 0.4) is 0 Å². The fraction of sp³-hybridized carbons (Fsp3) is 0.286. The van der Waals surface area contributed by atoms with Crippen LogP contribution in [0.15, 0.2) is 59.7 Å². The van der Waals surface area contributed by atoms with Crippen LogP contribution >= 0.6 is 11.8 Å². The molecular formula is C21H23N3OS. The summed E-state index contributed by atoms with van der Waals surface area (Å²) in [5, 5.41) is 1.93. The molecule has 4 nitrogen and oxygen atoms in total. The van der Waals surface area contributed by atoms with Gasteiger partial charge in [0.25, 0.3) is 0 Å². The number of aromatic nitrogens is 1. The SMILES string of the molecule is COc1ccc(Cn2ccc3ccc(C4(C)CCSC(N)=N4)cc32)cc1. The van der Waals surface area contributed by atoms with E-state index in [2.05, 4.69) is 54.1 Å². The van der Waals surface area contributed by atoms with Gasteiger partial charge in [0.15, 0.2) is 5.17 Å². The highest BCUT2D eigenvalue weighted by molar-refractivity contribution is 8.13. The van der Waals surface area contributed by atoms with Crippen molar-refractivity contribution in [3.63, 3.8) is 0 Å². The Balaban J connectivity index is 1.69. The van der Waals surface area contributed by atoms with Crippen molar-refractivity contribution in [1.29, 1.82) is 0 Å². The van der Waals surface area contributed by atoms with E-state index in [9.17, 15) is 0 Å². The molecule has 2 heterocycles. The zero-order valence-corrected chi connectivity index (χ0v) is 15.9. The second-order valence-electron chi connectivity index (χ2n) is 6.89. The monoisotopic (exact) mass is 365 g/mol. The average molecular weight is 366 g/mol. The fourth-order valence-electron chi connectivity index (χ4n) is 3.48.